The number of aromatic nitrogens is 2. The Bertz CT molecular complexity index is 286. The molecule has 0 radical (unpaired) electrons. The topological polar surface area (TPSA) is 37.8 Å². The van der Waals surface area contributed by atoms with Crippen molar-refractivity contribution in [3.8, 4) is 0 Å². The summed E-state index contributed by atoms with van der Waals surface area (Å²) in [6, 6.07) is 0.559. The first-order valence-corrected chi connectivity index (χ1v) is 7.05. The van der Waals surface area contributed by atoms with Crippen LogP contribution in [-0.4, -0.2) is 27.7 Å². The van der Waals surface area contributed by atoms with Crippen molar-refractivity contribution in [2.45, 2.75) is 38.1 Å². The Hall–Kier alpha value is -0.130. The molecule has 86 valence electrons. The van der Waals surface area contributed by atoms with Gasteiger partial charge in [0.15, 0.2) is 4.34 Å². The lowest BCUT2D eigenvalue weighted by Crippen LogP contribution is -2.35. The van der Waals surface area contributed by atoms with Gasteiger partial charge in [0.05, 0.1) is 0 Å². The van der Waals surface area contributed by atoms with Crippen LogP contribution in [0.25, 0.3) is 0 Å². The largest absolute Gasteiger partial charge is 0.313 e. The molecule has 0 aliphatic heterocycles. The fraction of sp³-hybridized carbons (Fsp3) is 0.800. The minimum absolute atomic E-state index is 0.559. The molecule has 0 aliphatic carbocycles. The smallest absolute Gasteiger partial charge is 0.170 e. The van der Waals surface area contributed by atoms with Crippen molar-refractivity contribution in [2.75, 3.05) is 12.3 Å². The monoisotopic (exact) mass is 245 g/mol. The van der Waals surface area contributed by atoms with Crippen LogP contribution in [0.3, 0.4) is 0 Å². The number of nitrogens with zero attached hydrogens (tertiary/aromatic N) is 2. The summed E-state index contributed by atoms with van der Waals surface area (Å²) in [6.07, 6.45) is 0. The van der Waals surface area contributed by atoms with Crippen LogP contribution in [0.4, 0.5) is 0 Å². The van der Waals surface area contributed by atoms with Gasteiger partial charge in [-0.1, -0.05) is 32.5 Å². The standard InChI is InChI=1S/C10H19N3S2/c1-5-11-9(7(2)3)6-14-10-12-8(4)13-15-10/h7,9,11H,5-6H2,1-4H3. The van der Waals surface area contributed by atoms with Crippen LogP contribution < -0.4 is 5.32 Å². The third kappa shape index (κ3) is 4.49. The highest BCUT2D eigenvalue weighted by atomic mass is 32.2. The van der Waals surface area contributed by atoms with E-state index in [4.69, 9.17) is 0 Å². The SMILES string of the molecule is CCNC(CSc1nc(C)ns1)C(C)C. The molecule has 0 aromatic carbocycles. The molecular formula is C10H19N3S2. The molecule has 1 atom stereocenters. The summed E-state index contributed by atoms with van der Waals surface area (Å²) in [4.78, 5) is 4.34. The maximum absolute atomic E-state index is 4.34. The van der Waals surface area contributed by atoms with Gasteiger partial charge in [-0.3, -0.25) is 0 Å². The lowest BCUT2D eigenvalue weighted by molar-refractivity contribution is 0.443. The van der Waals surface area contributed by atoms with E-state index in [9.17, 15) is 0 Å². The van der Waals surface area contributed by atoms with Crippen molar-refractivity contribution < 1.29 is 0 Å². The lowest BCUT2D eigenvalue weighted by atomic mass is 10.1. The Balaban J connectivity index is 2.39. The van der Waals surface area contributed by atoms with Gasteiger partial charge in [-0.05, 0) is 30.9 Å². The van der Waals surface area contributed by atoms with E-state index in [2.05, 4.69) is 35.4 Å². The first kappa shape index (κ1) is 12.9. The molecule has 0 amide bonds. The highest BCUT2D eigenvalue weighted by Crippen LogP contribution is 2.22. The Morgan fingerprint density at radius 2 is 2.20 bits per heavy atom. The summed E-state index contributed by atoms with van der Waals surface area (Å²) >= 11 is 3.30. The number of hydrogen-bond donors (Lipinski definition) is 1. The van der Waals surface area contributed by atoms with E-state index in [1.807, 2.05) is 6.92 Å². The van der Waals surface area contributed by atoms with Gasteiger partial charge in [0.2, 0.25) is 0 Å². The zero-order chi connectivity index (χ0) is 11.3. The van der Waals surface area contributed by atoms with E-state index in [1.54, 1.807) is 11.8 Å². The van der Waals surface area contributed by atoms with Crippen LogP contribution in [-0.2, 0) is 0 Å². The Kier molecular flexibility index (Phi) is 5.56. The van der Waals surface area contributed by atoms with E-state index in [0.717, 1.165) is 22.5 Å². The predicted octanol–water partition coefficient (Wildman–Crippen LogP) is 2.57. The minimum Gasteiger partial charge on any atom is -0.313 e. The fourth-order valence-electron chi connectivity index (χ4n) is 1.25. The third-order valence-electron chi connectivity index (χ3n) is 2.17. The second-order valence-corrected chi connectivity index (χ2v) is 5.85. The van der Waals surface area contributed by atoms with Gasteiger partial charge in [-0.25, -0.2) is 4.98 Å². The molecule has 3 nitrogen and oxygen atoms in total. The zero-order valence-corrected chi connectivity index (χ0v) is 11.4. The maximum atomic E-state index is 4.34. The minimum atomic E-state index is 0.559. The number of hydrogen-bond acceptors (Lipinski definition) is 5. The molecule has 1 N–H and O–H groups in total. The maximum Gasteiger partial charge on any atom is 0.170 e. The first-order valence-electron chi connectivity index (χ1n) is 5.30. The molecule has 0 saturated heterocycles. The van der Waals surface area contributed by atoms with Gasteiger partial charge in [-0.15, -0.1) is 0 Å². The molecule has 1 aromatic heterocycles. The highest BCUT2D eigenvalue weighted by molar-refractivity contribution is 8.00. The molecule has 0 fully saturated rings. The van der Waals surface area contributed by atoms with Crippen molar-refractivity contribution in [2.24, 2.45) is 5.92 Å². The van der Waals surface area contributed by atoms with Crippen molar-refractivity contribution >= 4 is 23.3 Å². The molecule has 0 spiro atoms. The Morgan fingerprint density at radius 3 is 2.67 bits per heavy atom. The summed E-state index contributed by atoms with van der Waals surface area (Å²) in [5.74, 6) is 2.61. The van der Waals surface area contributed by atoms with Crippen molar-refractivity contribution in [3.63, 3.8) is 0 Å². The van der Waals surface area contributed by atoms with Gasteiger partial charge in [0, 0.05) is 11.8 Å². The van der Waals surface area contributed by atoms with Gasteiger partial charge in [0.1, 0.15) is 5.82 Å². The van der Waals surface area contributed by atoms with Crippen LogP contribution >= 0.6 is 23.3 Å². The van der Waals surface area contributed by atoms with E-state index in [0.29, 0.717) is 12.0 Å². The van der Waals surface area contributed by atoms with Crippen LogP contribution in [0.2, 0.25) is 0 Å². The molecule has 5 heteroatoms. The summed E-state index contributed by atoms with van der Waals surface area (Å²) in [5, 5.41) is 3.49. The van der Waals surface area contributed by atoms with Crippen LogP contribution in [0.5, 0.6) is 0 Å². The second-order valence-electron chi connectivity index (χ2n) is 3.83. The summed E-state index contributed by atoms with van der Waals surface area (Å²) in [5.41, 5.74) is 0. The molecule has 1 heterocycles. The van der Waals surface area contributed by atoms with E-state index in [1.165, 1.54) is 11.5 Å². The third-order valence-corrected chi connectivity index (χ3v) is 4.21. The molecule has 1 aromatic rings. The Morgan fingerprint density at radius 1 is 1.47 bits per heavy atom. The molecule has 0 saturated carbocycles. The number of rotatable bonds is 6. The van der Waals surface area contributed by atoms with E-state index < -0.39 is 0 Å². The lowest BCUT2D eigenvalue weighted by Gasteiger charge is -2.20. The van der Waals surface area contributed by atoms with Crippen molar-refractivity contribution in [1.29, 1.82) is 0 Å². The molecule has 1 unspecified atom stereocenters. The second kappa shape index (κ2) is 6.45. The van der Waals surface area contributed by atoms with E-state index in [-0.39, 0.29) is 0 Å². The van der Waals surface area contributed by atoms with Gasteiger partial charge >= 0.3 is 0 Å². The van der Waals surface area contributed by atoms with Crippen molar-refractivity contribution in [3.05, 3.63) is 5.82 Å². The van der Waals surface area contributed by atoms with Crippen LogP contribution in [0, 0.1) is 12.8 Å². The predicted molar refractivity (Wildman–Crippen MR) is 67.7 cm³/mol. The summed E-state index contributed by atoms with van der Waals surface area (Å²) < 4.78 is 5.25. The number of thioether (sulfide) groups is 1. The highest BCUT2D eigenvalue weighted by Gasteiger charge is 2.13. The summed E-state index contributed by atoms with van der Waals surface area (Å²) in [6.45, 7) is 9.61. The first-order chi connectivity index (χ1) is 7.13. The molecule has 1 rings (SSSR count). The normalized spacial score (nSPS) is 13.4. The molecular weight excluding hydrogens is 226 g/mol. The van der Waals surface area contributed by atoms with Crippen LogP contribution in [0.1, 0.15) is 26.6 Å². The van der Waals surface area contributed by atoms with Gasteiger partial charge < -0.3 is 5.32 Å². The average molecular weight is 245 g/mol. The quantitative estimate of drug-likeness (QED) is 0.782. The molecule has 0 bridgehead atoms. The van der Waals surface area contributed by atoms with E-state index >= 15 is 0 Å². The Labute approximate surface area is 100 Å². The van der Waals surface area contributed by atoms with Gasteiger partial charge in [0.25, 0.3) is 0 Å². The average Bonchev–Trinajstić information content (AvgIpc) is 2.58. The molecule has 15 heavy (non-hydrogen) atoms. The van der Waals surface area contributed by atoms with Crippen molar-refractivity contribution in [1.82, 2.24) is 14.7 Å². The number of aryl methyl sites for hydroxylation is 1. The van der Waals surface area contributed by atoms with Crippen LogP contribution in [0.15, 0.2) is 4.34 Å². The number of nitrogens with one attached hydrogen (secondary N) is 1. The fourth-order valence-corrected chi connectivity index (χ4v) is 3.22. The zero-order valence-electron chi connectivity index (χ0n) is 9.78. The van der Waals surface area contributed by atoms with Gasteiger partial charge in [-0.2, -0.15) is 4.37 Å². The molecule has 0 aliphatic rings. The summed E-state index contributed by atoms with van der Waals surface area (Å²) in [7, 11) is 0.